The third kappa shape index (κ3) is 2.91. The fourth-order valence-electron chi connectivity index (χ4n) is 1.50. The van der Waals surface area contributed by atoms with Crippen LogP contribution in [0.15, 0.2) is 18.7 Å². The molecule has 0 aliphatic rings. The van der Waals surface area contributed by atoms with E-state index in [0.29, 0.717) is 13.1 Å². The highest BCUT2D eigenvalue weighted by Gasteiger charge is 2.21. The normalized spacial score (nSPS) is 10.2. The molecule has 0 amide bonds. The van der Waals surface area contributed by atoms with Gasteiger partial charge in [0.2, 0.25) is 11.6 Å². The lowest BCUT2D eigenvalue weighted by atomic mass is 10.4. The second-order valence-corrected chi connectivity index (χ2v) is 3.52. The number of aromatic nitrogens is 5. The fourth-order valence-corrected chi connectivity index (χ4v) is 1.50. The summed E-state index contributed by atoms with van der Waals surface area (Å²) in [6.45, 7) is 0.959. The first-order valence-electron chi connectivity index (χ1n) is 5.47. The average molecular weight is 264 g/mol. The van der Waals surface area contributed by atoms with Crippen LogP contribution in [0.3, 0.4) is 0 Å². The highest BCUT2D eigenvalue weighted by Crippen LogP contribution is 2.27. The van der Waals surface area contributed by atoms with Gasteiger partial charge in [0.15, 0.2) is 0 Å². The Bertz CT molecular complexity index is 555. The lowest BCUT2D eigenvalue weighted by Crippen LogP contribution is -2.14. The van der Waals surface area contributed by atoms with Crippen molar-refractivity contribution in [2.75, 3.05) is 24.2 Å². The van der Waals surface area contributed by atoms with Crippen molar-refractivity contribution in [3.05, 3.63) is 28.8 Å². The van der Waals surface area contributed by atoms with E-state index in [4.69, 9.17) is 0 Å². The minimum absolute atomic E-state index is 0.170. The van der Waals surface area contributed by atoms with E-state index in [-0.39, 0.29) is 17.3 Å². The summed E-state index contributed by atoms with van der Waals surface area (Å²) in [6.07, 6.45) is 4.53. The first-order chi connectivity index (χ1) is 9.22. The fraction of sp³-hybridized carbons (Fsp3) is 0.333. The van der Waals surface area contributed by atoms with Crippen molar-refractivity contribution in [3.63, 3.8) is 0 Å². The second-order valence-electron chi connectivity index (χ2n) is 3.52. The van der Waals surface area contributed by atoms with Gasteiger partial charge < -0.3 is 10.6 Å². The molecular weight excluding hydrogens is 252 g/mol. The van der Waals surface area contributed by atoms with Crippen LogP contribution in [-0.4, -0.2) is 43.5 Å². The molecule has 0 unspecified atom stereocenters. The Labute approximate surface area is 108 Å². The first-order valence-corrected chi connectivity index (χ1v) is 5.47. The van der Waals surface area contributed by atoms with Gasteiger partial charge in [-0.3, -0.25) is 14.8 Å². The van der Waals surface area contributed by atoms with E-state index >= 15 is 0 Å². The summed E-state index contributed by atoms with van der Waals surface area (Å²) in [5, 5.41) is 24.0. The van der Waals surface area contributed by atoms with Crippen LogP contribution >= 0.6 is 0 Å². The summed E-state index contributed by atoms with van der Waals surface area (Å²) >= 11 is 0. The molecule has 0 aromatic carbocycles. The number of anilines is 2. The molecule has 100 valence electrons. The molecule has 2 aromatic rings. The SMILES string of the molecule is CNc1ncnc(NCCn2ccnn2)c1[N+](=O)[O-]. The summed E-state index contributed by atoms with van der Waals surface area (Å²) in [5.41, 5.74) is -0.177. The lowest BCUT2D eigenvalue weighted by molar-refractivity contribution is -0.383. The van der Waals surface area contributed by atoms with Gasteiger partial charge in [-0.05, 0) is 0 Å². The second kappa shape index (κ2) is 5.71. The van der Waals surface area contributed by atoms with Crippen molar-refractivity contribution in [2.24, 2.45) is 0 Å². The monoisotopic (exact) mass is 264 g/mol. The maximum Gasteiger partial charge on any atom is 0.353 e. The zero-order chi connectivity index (χ0) is 13.7. The zero-order valence-electron chi connectivity index (χ0n) is 10.1. The Kier molecular flexibility index (Phi) is 3.81. The lowest BCUT2D eigenvalue weighted by Gasteiger charge is -2.07. The molecular formula is C9H12N8O2. The van der Waals surface area contributed by atoms with E-state index in [1.165, 1.54) is 6.33 Å². The minimum Gasteiger partial charge on any atom is -0.367 e. The molecule has 2 aromatic heterocycles. The largest absolute Gasteiger partial charge is 0.367 e. The number of rotatable bonds is 6. The average Bonchev–Trinajstić information content (AvgIpc) is 2.91. The van der Waals surface area contributed by atoms with Gasteiger partial charge in [-0.2, -0.15) is 0 Å². The van der Waals surface area contributed by atoms with Crippen LogP contribution in [0.2, 0.25) is 0 Å². The standard InChI is InChI=1S/C9H12N8O2/c1-10-8-7(17(18)19)9(13-6-12-8)11-2-4-16-5-3-14-15-16/h3,5-6H,2,4H2,1H3,(H2,10,11,12,13). The quantitative estimate of drug-likeness (QED) is 0.557. The highest BCUT2D eigenvalue weighted by atomic mass is 16.6. The maximum atomic E-state index is 11.0. The molecule has 10 nitrogen and oxygen atoms in total. The van der Waals surface area contributed by atoms with Crippen molar-refractivity contribution < 1.29 is 4.92 Å². The summed E-state index contributed by atoms with van der Waals surface area (Å²) in [5.74, 6) is 0.340. The van der Waals surface area contributed by atoms with E-state index in [2.05, 4.69) is 30.9 Å². The summed E-state index contributed by atoms with van der Waals surface area (Å²) in [4.78, 5) is 18.2. The number of nitrogens with one attached hydrogen (secondary N) is 2. The van der Waals surface area contributed by atoms with E-state index < -0.39 is 4.92 Å². The summed E-state index contributed by atoms with van der Waals surface area (Å²) in [6, 6.07) is 0. The number of nitrogens with zero attached hydrogens (tertiary/aromatic N) is 6. The van der Waals surface area contributed by atoms with Crippen molar-refractivity contribution >= 4 is 17.3 Å². The Hall–Kier alpha value is -2.78. The van der Waals surface area contributed by atoms with Crippen LogP contribution in [0, 0.1) is 10.1 Å². The van der Waals surface area contributed by atoms with E-state index in [9.17, 15) is 10.1 Å². The third-order valence-corrected chi connectivity index (χ3v) is 2.35. The van der Waals surface area contributed by atoms with Gasteiger partial charge >= 0.3 is 5.69 Å². The third-order valence-electron chi connectivity index (χ3n) is 2.35. The highest BCUT2D eigenvalue weighted by molar-refractivity contribution is 5.68. The molecule has 2 N–H and O–H groups in total. The van der Waals surface area contributed by atoms with Gasteiger partial charge in [0.1, 0.15) is 6.33 Å². The van der Waals surface area contributed by atoms with Gasteiger partial charge in [-0.25, -0.2) is 9.97 Å². The van der Waals surface area contributed by atoms with Crippen molar-refractivity contribution in [1.29, 1.82) is 0 Å². The molecule has 0 fully saturated rings. The van der Waals surface area contributed by atoms with Gasteiger partial charge in [0, 0.05) is 19.8 Å². The van der Waals surface area contributed by atoms with E-state index in [1.807, 2.05) is 0 Å². The summed E-state index contributed by atoms with van der Waals surface area (Å²) in [7, 11) is 1.56. The Balaban J connectivity index is 2.09. The van der Waals surface area contributed by atoms with E-state index in [0.717, 1.165) is 0 Å². The molecule has 0 spiro atoms. The molecule has 0 radical (unpaired) electrons. The van der Waals surface area contributed by atoms with Crippen LogP contribution in [0.1, 0.15) is 0 Å². The minimum atomic E-state index is -0.524. The van der Waals surface area contributed by atoms with Gasteiger partial charge in [0.05, 0.1) is 17.7 Å². The van der Waals surface area contributed by atoms with Crippen molar-refractivity contribution in [1.82, 2.24) is 25.0 Å². The summed E-state index contributed by atoms with van der Waals surface area (Å²) < 4.78 is 1.61. The van der Waals surface area contributed by atoms with Crippen LogP contribution in [-0.2, 0) is 6.54 Å². The zero-order valence-corrected chi connectivity index (χ0v) is 10.1. The van der Waals surface area contributed by atoms with Crippen LogP contribution in [0.5, 0.6) is 0 Å². The molecule has 10 heteroatoms. The number of nitro groups is 1. The van der Waals surface area contributed by atoms with Crippen LogP contribution in [0.4, 0.5) is 17.3 Å². The molecule has 0 bridgehead atoms. The molecule has 2 heterocycles. The number of hydrogen-bond acceptors (Lipinski definition) is 8. The predicted octanol–water partition coefficient (Wildman–Crippen LogP) is 0.130. The predicted molar refractivity (Wildman–Crippen MR) is 66.7 cm³/mol. The molecule has 0 aliphatic carbocycles. The van der Waals surface area contributed by atoms with Crippen LogP contribution in [0.25, 0.3) is 0 Å². The molecule has 0 saturated heterocycles. The first kappa shape index (κ1) is 12.7. The molecule has 2 rings (SSSR count). The van der Waals surface area contributed by atoms with E-state index in [1.54, 1.807) is 24.1 Å². The maximum absolute atomic E-state index is 11.0. The Morgan fingerprint density at radius 1 is 1.42 bits per heavy atom. The Morgan fingerprint density at radius 2 is 2.21 bits per heavy atom. The molecule has 0 aliphatic heterocycles. The topological polar surface area (TPSA) is 124 Å². The van der Waals surface area contributed by atoms with Gasteiger partial charge in [-0.1, -0.05) is 5.21 Å². The molecule has 0 saturated carbocycles. The molecule has 19 heavy (non-hydrogen) atoms. The van der Waals surface area contributed by atoms with Crippen molar-refractivity contribution in [2.45, 2.75) is 6.54 Å². The van der Waals surface area contributed by atoms with Crippen molar-refractivity contribution in [3.8, 4) is 0 Å². The number of hydrogen-bond donors (Lipinski definition) is 2. The smallest absolute Gasteiger partial charge is 0.353 e. The Morgan fingerprint density at radius 3 is 2.84 bits per heavy atom. The molecule has 0 atom stereocenters. The van der Waals surface area contributed by atoms with Gasteiger partial charge in [-0.15, -0.1) is 5.10 Å². The van der Waals surface area contributed by atoms with Crippen LogP contribution < -0.4 is 10.6 Å². The van der Waals surface area contributed by atoms with Gasteiger partial charge in [0.25, 0.3) is 0 Å².